The summed E-state index contributed by atoms with van der Waals surface area (Å²) in [7, 11) is 0. The lowest BCUT2D eigenvalue weighted by Gasteiger charge is -2.36. The molecular formula is C30H36ClN3O2. The smallest absolute Gasteiger partial charge is 0.282 e. The SMILES string of the molecule is CC1(C)c2cc(C3CCN(CC4CCC(CO)CC4)CC3)ccc2-n2c1nc(=O)c1c(Cl)cccc12. The number of hydrogen-bond acceptors (Lipinski definition) is 4. The van der Waals surface area contributed by atoms with Gasteiger partial charge in [-0.15, -0.1) is 0 Å². The highest BCUT2D eigenvalue weighted by Crippen LogP contribution is 2.45. The Balaban J connectivity index is 1.22. The number of benzene rings is 2. The summed E-state index contributed by atoms with van der Waals surface area (Å²) in [5, 5.41) is 10.4. The fourth-order valence-electron chi connectivity index (χ4n) is 6.92. The number of halogens is 1. The maximum atomic E-state index is 12.9. The van der Waals surface area contributed by atoms with E-state index in [2.05, 4.69) is 46.5 Å². The molecule has 3 aliphatic rings. The zero-order valence-electron chi connectivity index (χ0n) is 21.3. The molecule has 0 amide bonds. The number of nitrogens with zero attached hydrogens (tertiary/aromatic N) is 3. The molecule has 2 aliphatic heterocycles. The van der Waals surface area contributed by atoms with E-state index in [0.717, 1.165) is 36.0 Å². The van der Waals surface area contributed by atoms with Crippen molar-refractivity contribution in [3.63, 3.8) is 0 Å². The van der Waals surface area contributed by atoms with E-state index in [9.17, 15) is 9.90 Å². The van der Waals surface area contributed by atoms with Gasteiger partial charge in [-0.3, -0.25) is 9.36 Å². The van der Waals surface area contributed by atoms with Crippen LogP contribution in [0, 0.1) is 11.8 Å². The molecule has 5 nitrogen and oxygen atoms in total. The Hall–Kier alpha value is -2.21. The fourth-order valence-corrected chi connectivity index (χ4v) is 7.17. The molecule has 36 heavy (non-hydrogen) atoms. The summed E-state index contributed by atoms with van der Waals surface area (Å²) >= 11 is 6.41. The first-order valence-electron chi connectivity index (χ1n) is 13.6. The summed E-state index contributed by atoms with van der Waals surface area (Å²) in [6.45, 7) is 8.23. The van der Waals surface area contributed by atoms with E-state index >= 15 is 0 Å². The fraction of sp³-hybridized carbons (Fsp3) is 0.533. The monoisotopic (exact) mass is 505 g/mol. The van der Waals surface area contributed by atoms with Gasteiger partial charge in [0.1, 0.15) is 5.82 Å². The van der Waals surface area contributed by atoms with Gasteiger partial charge < -0.3 is 10.0 Å². The van der Waals surface area contributed by atoms with Crippen LogP contribution in [0.25, 0.3) is 16.6 Å². The lowest BCUT2D eigenvalue weighted by molar-refractivity contribution is 0.127. The maximum absolute atomic E-state index is 12.9. The third-order valence-corrected chi connectivity index (χ3v) is 9.47. The Kier molecular flexibility index (Phi) is 6.22. The van der Waals surface area contributed by atoms with Crippen molar-refractivity contribution in [3.8, 4) is 5.69 Å². The van der Waals surface area contributed by atoms with Crippen LogP contribution >= 0.6 is 11.6 Å². The van der Waals surface area contributed by atoms with Crippen molar-refractivity contribution in [1.82, 2.24) is 14.5 Å². The number of likely N-dealkylation sites (tertiary alicyclic amines) is 1. The molecule has 3 heterocycles. The summed E-state index contributed by atoms with van der Waals surface area (Å²) < 4.78 is 2.13. The lowest BCUT2D eigenvalue weighted by Crippen LogP contribution is -2.37. The van der Waals surface area contributed by atoms with Crippen molar-refractivity contribution in [2.45, 2.75) is 63.7 Å². The van der Waals surface area contributed by atoms with Gasteiger partial charge in [0.25, 0.3) is 5.56 Å². The molecule has 0 atom stereocenters. The second kappa shape index (κ2) is 9.27. The summed E-state index contributed by atoms with van der Waals surface area (Å²) in [5.74, 6) is 2.68. The minimum atomic E-state index is -0.352. The van der Waals surface area contributed by atoms with Crippen LogP contribution < -0.4 is 5.56 Å². The molecule has 1 aliphatic carbocycles. The standard InChI is InChI=1S/C30H36ClN3O2/c1-30(2)23-16-22(21-12-14-33(15-13-21)17-19-6-8-20(18-35)9-7-19)10-11-25(23)34-26-5-3-4-24(31)27(26)28(36)32-29(30)34/h3-5,10-11,16,19-21,35H,6-9,12-15,17-18H2,1-2H3. The first kappa shape index (κ1) is 24.1. The highest BCUT2D eigenvalue weighted by Gasteiger charge is 2.39. The Bertz CT molecular complexity index is 1350. The van der Waals surface area contributed by atoms with Crippen molar-refractivity contribution >= 4 is 22.5 Å². The molecule has 0 bridgehead atoms. The van der Waals surface area contributed by atoms with Crippen LogP contribution in [0.3, 0.4) is 0 Å². The third-order valence-electron chi connectivity index (χ3n) is 9.16. The van der Waals surface area contributed by atoms with Crippen LogP contribution in [0.4, 0.5) is 0 Å². The van der Waals surface area contributed by atoms with Crippen LogP contribution in [-0.2, 0) is 5.41 Å². The van der Waals surface area contributed by atoms with Gasteiger partial charge in [0, 0.05) is 13.2 Å². The maximum Gasteiger partial charge on any atom is 0.282 e. The number of rotatable bonds is 4. The topological polar surface area (TPSA) is 58.4 Å². The molecule has 0 radical (unpaired) electrons. The Morgan fingerprint density at radius 3 is 2.47 bits per heavy atom. The van der Waals surface area contributed by atoms with Gasteiger partial charge in [0.15, 0.2) is 0 Å². The Morgan fingerprint density at radius 2 is 1.75 bits per heavy atom. The van der Waals surface area contributed by atoms with Gasteiger partial charge in [-0.1, -0.05) is 29.8 Å². The molecule has 6 rings (SSSR count). The van der Waals surface area contributed by atoms with Gasteiger partial charge in [-0.05, 0) is 113 Å². The first-order chi connectivity index (χ1) is 17.4. The molecule has 190 valence electrons. The van der Waals surface area contributed by atoms with Crippen LogP contribution in [0.15, 0.2) is 41.2 Å². The van der Waals surface area contributed by atoms with E-state index in [0.29, 0.717) is 28.9 Å². The quantitative estimate of drug-likeness (QED) is 0.497. The Labute approximate surface area is 218 Å². The van der Waals surface area contributed by atoms with Crippen LogP contribution in [0.1, 0.15) is 75.2 Å². The summed E-state index contributed by atoms with van der Waals surface area (Å²) in [6, 6.07) is 12.5. The number of piperidine rings is 1. The number of hydrogen-bond donors (Lipinski definition) is 1. The highest BCUT2D eigenvalue weighted by molar-refractivity contribution is 6.35. The molecule has 1 N–H and O–H groups in total. The van der Waals surface area contributed by atoms with Crippen LogP contribution in [0.2, 0.25) is 5.02 Å². The second-order valence-corrected chi connectivity index (χ2v) is 12.2. The van der Waals surface area contributed by atoms with Gasteiger partial charge >= 0.3 is 0 Å². The van der Waals surface area contributed by atoms with E-state index in [1.165, 1.54) is 56.2 Å². The minimum absolute atomic E-state index is 0.250. The van der Waals surface area contributed by atoms with Crippen molar-refractivity contribution in [2.24, 2.45) is 11.8 Å². The number of aromatic nitrogens is 2. The molecule has 3 aromatic rings. The molecule has 1 saturated heterocycles. The summed E-state index contributed by atoms with van der Waals surface area (Å²) in [4.78, 5) is 20.1. The van der Waals surface area contributed by atoms with Crippen molar-refractivity contribution in [3.05, 3.63) is 68.7 Å². The largest absolute Gasteiger partial charge is 0.396 e. The number of aliphatic hydroxyl groups is 1. The van der Waals surface area contributed by atoms with E-state index in [1.807, 2.05) is 12.1 Å². The highest BCUT2D eigenvalue weighted by atomic mass is 35.5. The molecule has 0 spiro atoms. The predicted molar refractivity (Wildman–Crippen MR) is 145 cm³/mol. The number of fused-ring (bicyclic) bond motifs is 5. The van der Waals surface area contributed by atoms with Crippen molar-refractivity contribution < 1.29 is 5.11 Å². The average molecular weight is 506 g/mol. The van der Waals surface area contributed by atoms with Crippen molar-refractivity contribution in [2.75, 3.05) is 26.2 Å². The van der Waals surface area contributed by atoms with Gasteiger partial charge in [0.05, 0.1) is 27.0 Å². The molecule has 1 saturated carbocycles. The van der Waals surface area contributed by atoms with Crippen LogP contribution in [0.5, 0.6) is 0 Å². The van der Waals surface area contributed by atoms with Gasteiger partial charge in [0.2, 0.25) is 0 Å². The average Bonchev–Trinajstić information content (AvgIpc) is 3.11. The zero-order chi connectivity index (χ0) is 25.0. The van der Waals surface area contributed by atoms with Gasteiger partial charge in [-0.2, -0.15) is 4.98 Å². The Morgan fingerprint density at radius 1 is 1.03 bits per heavy atom. The van der Waals surface area contributed by atoms with E-state index in [4.69, 9.17) is 11.6 Å². The molecule has 2 aromatic carbocycles. The third kappa shape index (κ3) is 4.00. The predicted octanol–water partition coefficient (Wildman–Crippen LogP) is 5.66. The number of aliphatic hydroxyl groups excluding tert-OH is 1. The molecular weight excluding hydrogens is 470 g/mol. The van der Waals surface area contributed by atoms with E-state index in [-0.39, 0.29) is 11.0 Å². The molecule has 6 heteroatoms. The first-order valence-corrected chi connectivity index (χ1v) is 13.9. The molecule has 1 aromatic heterocycles. The van der Waals surface area contributed by atoms with Gasteiger partial charge in [-0.25, -0.2) is 0 Å². The van der Waals surface area contributed by atoms with Crippen LogP contribution in [-0.4, -0.2) is 45.8 Å². The normalized spacial score (nSPS) is 24.1. The summed E-state index contributed by atoms with van der Waals surface area (Å²) in [5.41, 5.74) is 3.98. The minimum Gasteiger partial charge on any atom is -0.396 e. The second-order valence-electron chi connectivity index (χ2n) is 11.8. The summed E-state index contributed by atoms with van der Waals surface area (Å²) in [6.07, 6.45) is 7.28. The zero-order valence-corrected chi connectivity index (χ0v) is 22.1. The molecule has 0 unspecified atom stereocenters. The lowest BCUT2D eigenvalue weighted by atomic mass is 9.80. The molecule has 2 fully saturated rings. The van der Waals surface area contributed by atoms with Crippen molar-refractivity contribution in [1.29, 1.82) is 0 Å². The van der Waals surface area contributed by atoms with E-state index < -0.39 is 0 Å². The van der Waals surface area contributed by atoms with E-state index in [1.54, 1.807) is 6.07 Å².